The van der Waals surface area contributed by atoms with E-state index in [4.69, 9.17) is 4.43 Å². The number of benzene rings is 1. The molecule has 2 amide bonds. The Morgan fingerprint density at radius 1 is 1.00 bits per heavy atom. The van der Waals surface area contributed by atoms with Crippen LogP contribution in [0, 0.1) is 0 Å². The summed E-state index contributed by atoms with van der Waals surface area (Å²) in [5, 5.41) is 3.52. The first kappa shape index (κ1) is 21.8. The molecule has 0 unspecified atom stereocenters. The first-order chi connectivity index (χ1) is 12.2. The van der Waals surface area contributed by atoms with Crippen LogP contribution in [0.1, 0.15) is 62.3 Å². The summed E-state index contributed by atoms with van der Waals surface area (Å²) < 4.78 is 6.59. The second kappa shape index (κ2) is 7.49. The van der Waals surface area contributed by atoms with Crippen LogP contribution in [0.4, 0.5) is 0 Å². The summed E-state index contributed by atoms with van der Waals surface area (Å²) in [7, 11) is -2.05. The molecule has 0 radical (unpaired) electrons. The number of rotatable bonds is 6. The van der Waals surface area contributed by atoms with Gasteiger partial charge in [-0.15, -0.1) is 0 Å². The van der Waals surface area contributed by atoms with E-state index in [0.29, 0.717) is 17.7 Å². The van der Waals surface area contributed by atoms with E-state index < -0.39 is 8.32 Å². The Hall–Kier alpha value is -1.50. The van der Waals surface area contributed by atoms with Crippen LogP contribution in [0.3, 0.4) is 0 Å². The number of carbonyl (C=O) groups is 2. The third-order valence-electron chi connectivity index (χ3n) is 5.39. The molecule has 0 saturated heterocycles. The predicted octanol–water partition coefficient (Wildman–Crippen LogP) is 4.06. The normalized spacial score (nSPS) is 16.7. The van der Waals surface area contributed by atoms with Crippen LogP contribution in [-0.4, -0.2) is 49.8 Å². The summed E-state index contributed by atoms with van der Waals surface area (Å²) in [6.07, 6.45) is -0.243. The Morgan fingerprint density at radius 3 is 1.89 bits per heavy atom. The van der Waals surface area contributed by atoms with Crippen LogP contribution in [0.25, 0.3) is 0 Å². The van der Waals surface area contributed by atoms with Gasteiger partial charge in [0.05, 0.1) is 23.8 Å². The number of amides is 2. The highest BCUT2D eigenvalue weighted by Crippen LogP contribution is 2.37. The zero-order valence-electron chi connectivity index (χ0n) is 18.0. The average Bonchev–Trinajstić information content (AvgIpc) is 2.76. The molecule has 2 rings (SSSR count). The highest BCUT2D eigenvalue weighted by atomic mass is 28.4. The van der Waals surface area contributed by atoms with Crippen LogP contribution in [0.5, 0.6) is 0 Å². The Labute approximate surface area is 164 Å². The number of nitrogens with one attached hydrogen (secondary N) is 1. The third kappa shape index (κ3) is 5.06. The second-order valence-electron chi connectivity index (χ2n) is 9.90. The van der Waals surface area contributed by atoms with Crippen molar-refractivity contribution in [3.05, 3.63) is 35.4 Å². The number of imide groups is 1. The summed E-state index contributed by atoms with van der Waals surface area (Å²) in [4.78, 5) is 26.8. The van der Waals surface area contributed by atoms with E-state index in [1.54, 1.807) is 24.3 Å². The maximum atomic E-state index is 12.7. The fourth-order valence-electron chi connectivity index (χ4n) is 2.77. The van der Waals surface area contributed by atoms with E-state index >= 15 is 0 Å². The number of hydrogen-bond acceptors (Lipinski definition) is 4. The van der Waals surface area contributed by atoms with Crippen molar-refractivity contribution in [2.75, 3.05) is 13.1 Å². The van der Waals surface area contributed by atoms with Gasteiger partial charge in [0, 0.05) is 12.1 Å². The molecule has 0 aliphatic carbocycles. The van der Waals surface area contributed by atoms with Gasteiger partial charge in [0.15, 0.2) is 8.32 Å². The average molecular weight is 391 g/mol. The van der Waals surface area contributed by atoms with Crippen molar-refractivity contribution in [2.45, 2.75) is 71.3 Å². The molecule has 0 spiro atoms. The SMILES string of the molecule is CC(C)(C)NC[C@H](CN1C(=O)c2ccccc2C1=O)O[Si](C)(C)C(C)(C)C. The number of hydrogen-bond donors (Lipinski definition) is 1. The first-order valence-electron chi connectivity index (χ1n) is 9.61. The highest BCUT2D eigenvalue weighted by Gasteiger charge is 2.42. The second-order valence-corrected chi connectivity index (χ2v) is 14.7. The van der Waals surface area contributed by atoms with Crippen LogP contribution < -0.4 is 5.32 Å². The molecule has 0 saturated carbocycles. The smallest absolute Gasteiger partial charge is 0.261 e. The highest BCUT2D eigenvalue weighted by molar-refractivity contribution is 6.74. The lowest BCUT2D eigenvalue weighted by molar-refractivity contribution is 0.0551. The topological polar surface area (TPSA) is 58.6 Å². The van der Waals surface area contributed by atoms with Crippen molar-refractivity contribution in [1.29, 1.82) is 0 Å². The maximum Gasteiger partial charge on any atom is 0.261 e. The number of fused-ring (bicyclic) bond motifs is 1. The summed E-state index contributed by atoms with van der Waals surface area (Å²) in [6.45, 7) is 18.1. The van der Waals surface area contributed by atoms with Gasteiger partial charge in [-0.05, 0) is 51.0 Å². The standard InChI is InChI=1S/C21H34N2O3Si/c1-20(2,3)22-13-15(26-27(7,8)21(4,5)6)14-23-18(24)16-11-9-10-12-17(16)19(23)25/h9-12,15,22H,13-14H2,1-8H3/t15-/m1/s1. The zero-order valence-corrected chi connectivity index (χ0v) is 19.0. The van der Waals surface area contributed by atoms with E-state index in [9.17, 15) is 9.59 Å². The molecule has 1 heterocycles. The first-order valence-corrected chi connectivity index (χ1v) is 12.5. The zero-order chi connectivity index (χ0) is 20.6. The Bertz CT molecular complexity index is 682. The maximum absolute atomic E-state index is 12.7. The third-order valence-corrected chi connectivity index (χ3v) is 9.93. The lowest BCUT2D eigenvalue weighted by atomic mass is 10.1. The molecule has 27 heavy (non-hydrogen) atoms. The van der Waals surface area contributed by atoms with Gasteiger partial charge in [-0.2, -0.15) is 0 Å². The minimum absolute atomic E-state index is 0.0506. The van der Waals surface area contributed by atoms with Crippen molar-refractivity contribution in [3.8, 4) is 0 Å². The molecule has 1 aromatic rings. The van der Waals surface area contributed by atoms with E-state index in [1.165, 1.54) is 4.90 Å². The molecule has 1 N–H and O–H groups in total. The van der Waals surface area contributed by atoms with Gasteiger partial charge in [-0.3, -0.25) is 14.5 Å². The van der Waals surface area contributed by atoms with Gasteiger partial charge in [-0.1, -0.05) is 32.9 Å². The van der Waals surface area contributed by atoms with Crippen LogP contribution in [-0.2, 0) is 4.43 Å². The van der Waals surface area contributed by atoms with E-state index in [2.05, 4.69) is 60.0 Å². The van der Waals surface area contributed by atoms with Gasteiger partial charge in [0.1, 0.15) is 0 Å². The molecule has 0 fully saturated rings. The van der Waals surface area contributed by atoms with Crippen molar-refractivity contribution < 1.29 is 14.0 Å². The Kier molecular flexibility index (Phi) is 6.04. The van der Waals surface area contributed by atoms with Crippen molar-refractivity contribution in [2.24, 2.45) is 0 Å². The molecule has 5 nitrogen and oxygen atoms in total. The summed E-state index contributed by atoms with van der Waals surface area (Å²) in [5.74, 6) is -0.453. The molecule has 0 aromatic heterocycles. The van der Waals surface area contributed by atoms with E-state index in [1.807, 2.05) is 0 Å². The van der Waals surface area contributed by atoms with Crippen LogP contribution in [0.2, 0.25) is 18.1 Å². The molecule has 6 heteroatoms. The summed E-state index contributed by atoms with van der Waals surface area (Å²) in [6, 6.07) is 7.01. The number of nitrogens with zero attached hydrogens (tertiary/aromatic N) is 1. The summed E-state index contributed by atoms with van der Waals surface area (Å²) >= 11 is 0. The van der Waals surface area contributed by atoms with Gasteiger partial charge >= 0.3 is 0 Å². The molecule has 0 bridgehead atoms. The molecular weight excluding hydrogens is 356 g/mol. The molecule has 1 aliphatic heterocycles. The Morgan fingerprint density at radius 2 is 1.48 bits per heavy atom. The minimum atomic E-state index is -2.05. The largest absolute Gasteiger partial charge is 0.411 e. The van der Waals surface area contributed by atoms with Crippen molar-refractivity contribution >= 4 is 20.1 Å². The van der Waals surface area contributed by atoms with Crippen molar-refractivity contribution in [3.63, 3.8) is 0 Å². The molecular formula is C21H34N2O3Si. The van der Waals surface area contributed by atoms with Gasteiger partial charge in [0.25, 0.3) is 11.8 Å². The quantitative estimate of drug-likeness (QED) is 0.588. The fourth-order valence-corrected chi connectivity index (χ4v) is 4.11. The number of carbonyl (C=O) groups excluding carboxylic acids is 2. The van der Waals surface area contributed by atoms with Gasteiger partial charge < -0.3 is 9.74 Å². The van der Waals surface area contributed by atoms with Crippen LogP contribution in [0.15, 0.2) is 24.3 Å². The van der Waals surface area contributed by atoms with E-state index in [-0.39, 0.29) is 35.0 Å². The monoisotopic (exact) mass is 390 g/mol. The molecule has 1 aromatic carbocycles. The van der Waals surface area contributed by atoms with Crippen LogP contribution >= 0.6 is 0 Å². The van der Waals surface area contributed by atoms with Gasteiger partial charge in [-0.25, -0.2) is 0 Å². The Balaban J connectivity index is 2.22. The lowest BCUT2D eigenvalue weighted by Crippen LogP contribution is -2.52. The van der Waals surface area contributed by atoms with Gasteiger partial charge in [0.2, 0.25) is 0 Å². The fraction of sp³-hybridized carbons (Fsp3) is 0.619. The molecule has 1 aliphatic rings. The summed E-state index contributed by atoms with van der Waals surface area (Å²) in [5.41, 5.74) is 0.895. The molecule has 150 valence electrons. The lowest BCUT2D eigenvalue weighted by Gasteiger charge is -2.40. The molecule has 1 atom stereocenters. The van der Waals surface area contributed by atoms with Crippen molar-refractivity contribution in [1.82, 2.24) is 10.2 Å². The predicted molar refractivity (Wildman–Crippen MR) is 112 cm³/mol. The van der Waals surface area contributed by atoms with E-state index in [0.717, 1.165) is 0 Å². The minimum Gasteiger partial charge on any atom is -0.411 e.